The first-order valence-electron chi connectivity index (χ1n) is 5.35. The zero-order valence-electron chi connectivity index (χ0n) is 9.02. The van der Waals surface area contributed by atoms with E-state index >= 15 is 0 Å². The van der Waals surface area contributed by atoms with Crippen LogP contribution in [0.2, 0.25) is 0 Å². The first-order chi connectivity index (χ1) is 7.36. The van der Waals surface area contributed by atoms with Gasteiger partial charge in [-0.25, -0.2) is 10.4 Å². The van der Waals surface area contributed by atoms with Gasteiger partial charge in [0.05, 0.1) is 13.2 Å². The Labute approximate surface area is 90.2 Å². The first-order valence-corrected chi connectivity index (χ1v) is 5.35. The monoisotopic (exact) mass is 207 g/mol. The van der Waals surface area contributed by atoms with Crippen LogP contribution in [-0.2, 0) is 4.74 Å². The van der Waals surface area contributed by atoms with E-state index in [1.54, 1.807) is 6.20 Å². The van der Waals surface area contributed by atoms with E-state index < -0.39 is 0 Å². The third-order valence-corrected chi connectivity index (χ3v) is 2.57. The van der Waals surface area contributed by atoms with Crippen molar-refractivity contribution in [2.24, 2.45) is 0 Å². The Hall–Kier alpha value is -0.970. The van der Waals surface area contributed by atoms with Gasteiger partial charge in [-0.1, -0.05) is 6.07 Å². The fourth-order valence-corrected chi connectivity index (χ4v) is 1.67. The predicted octanol–water partition coefficient (Wildman–Crippen LogP) is 0.979. The number of aromatic nitrogens is 1. The lowest BCUT2D eigenvalue weighted by atomic mass is 10.1. The molecule has 1 aromatic heterocycles. The average Bonchev–Trinajstić information content (AvgIpc) is 2.31. The van der Waals surface area contributed by atoms with Crippen LogP contribution in [-0.4, -0.2) is 36.3 Å². The zero-order chi connectivity index (χ0) is 10.5. The molecule has 0 amide bonds. The van der Waals surface area contributed by atoms with Crippen molar-refractivity contribution in [3.8, 4) is 0 Å². The molecule has 1 aliphatic heterocycles. The van der Waals surface area contributed by atoms with Gasteiger partial charge in [0, 0.05) is 31.5 Å². The van der Waals surface area contributed by atoms with Gasteiger partial charge in [0.15, 0.2) is 0 Å². The highest BCUT2D eigenvalue weighted by atomic mass is 16.5. The number of rotatable bonds is 3. The molecule has 82 valence electrons. The third kappa shape index (κ3) is 2.99. The lowest BCUT2D eigenvalue weighted by Gasteiger charge is -2.30. The number of hydrazine groups is 1. The van der Waals surface area contributed by atoms with Gasteiger partial charge in [0.25, 0.3) is 0 Å². The van der Waals surface area contributed by atoms with Crippen molar-refractivity contribution < 1.29 is 4.74 Å². The van der Waals surface area contributed by atoms with Crippen LogP contribution in [0.25, 0.3) is 0 Å². The van der Waals surface area contributed by atoms with Crippen molar-refractivity contribution in [3.63, 3.8) is 0 Å². The number of pyridine rings is 1. The van der Waals surface area contributed by atoms with Crippen molar-refractivity contribution in [2.75, 3.05) is 26.3 Å². The summed E-state index contributed by atoms with van der Waals surface area (Å²) in [6, 6.07) is 4.36. The van der Waals surface area contributed by atoms with E-state index in [0.717, 1.165) is 26.3 Å². The molecular weight excluding hydrogens is 190 g/mol. The van der Waals surface area contributed by atoms with Gasteiger partial charge in [0.2, 0.25) is 0 Å². The molecule has 1 unspecified atom stereocenters. The van der Waals surface area contributed by atoms with Crippen LogP contribution in [0.5, 0.6) is 0 Å². The van der Waals surface area contributed by atoms with Crippen LogP contribution in [0, 0.1) is 0 Å². The van der Waals surface area contributed by atoms with Gasteiger partial charge < -0.3 is 4.74 Å². The Morgan fingerprint density at radius 2 is 2.27 bits per heavy atom. The fraction of sp³-hybridized carbons (Fsp3) is 0.545. The molecule has 1 fully saturated rings. The summed E-state index contributed by atoms with van der Waals surface area (Å²) in [7, 11) is 0. The molecule has 1 aromatic rings. The van der Waals surface area contributed by atoms with Crippen LogP contribution >= 0.6 is 0 Å². The van der Waals surface area contributed by atoms with Crippen LogP contribution < -0.4 is 5.43 Å². The number of nitrogens with one attached hydrogen (secondary N) is 1. The van der Waals surface area contributed by atoms with E-state index in [1.165, 1.54) is 5.56 Å². The fourth-order valence-electron chi connectivity index (χ4n) is 1.67. The molecule has 15 heavy (non-hydrogen) atoms. The van der Waals surface area contributed by atoms with Gasteiger partial charge >= 0.3 is 0 Å². The van der Waals surface area contributed by atoms with Crippen LogP contribution in [0.4, 0.5) is 0 Å². The topological polar surface area (TPSA) is 37.4 Å². The molecule has 4 heteroatoms. The van der Waals surface area contributed by atoms with Crippen molar-refractivity contribution in [2.45, 2.75) is 13.0 Å². The van der Waals surface area contributed by atoms with Crippen molar-refractivity contribution in [1.82, 2.24) is 15.4 Å². The van der Waals surface area contributed by atoms with E-state index in [4.69, 9.17) is 4.74 Å². The summed E-state index contributed by atoms with van der Waals surface area (Å²) in [5.74, 6) is 0. The summed E-state index contributed by atoms with van der Waals surface area (Å²) in [6.07, 6.45) is 3.70. The van der Waals surface area contributed by atoms with E-state index in [9.17, 15) is 0 Å². The van der Waals surface area contributed by atoms with Crippen molar-refractivity contribution >= 4 is 0 Å². The molecule has 1 atom stereocenters. The Morgan fingerprint density at radius 1 is 1.47 bits per heavy atom. The molecule has 0 bridgehead atoms. The molecule has 2 rings (SSSR count). The minimum atomic E-state index is 0.303. The molecular formula is C11H17N3O. The number of morpholine rings is 1. The van der Waals surface area contributed by atoms with Gasteiger partial charge in [-0.15, -0.1) is 0 Å². The predicted molar refractivity (Wildman–Crippen MR) is 58.2 cm³/mol. The van der Waals surface area contributed by atoms with Crippen LogP contribution in [0.3, 0.4) is 0 Å². The smallest absolute Gasteiger partial charge is 0.0608 e. The van der Waals surface area contributed by atoms with Gasteiger partial charge in [-0.05, 0) is 18.6 Å². The number of nitrogens with zero attached hydrogens (tertiary/aromatic N) is 2. The summed E-state index contributed by atoms with van der Waals surface area (Å²) in [4.78, 5) is 4.12. The number of hydrogen-bond donors (Lipinski definition) is 1. The lowest BCUT2D eigenvalue weighted by molar-refractivity contribution is 0.00482. The molecule has 0 aliphatic carbocycles. The second-order valence-corrected chi connectivity index (χ2v) is 3.74. The first kappa shape index (κ1) is 10.5. The zero-order valence-corrected chi connectivity index (χ0v) is 9.02. The molecule has 0 spiro atoms. The minimum absolute atomic E-state index is 0.303. The quantitative estimate of drug-likeness (QED) is 0.801. The molecule has 0 aromatic carbocycles. The van der Waals surface area contributed by atoms with Gasteiger partial charge in [-0.2, -0.15) is 0 Å². The second-order valence-electron chi connectivity index (χ2n) is 3.74. The second kappa shape index (κ2) is 5.21. The molecule has 4 nitrogen and oxygen atoms in total. The van der Waals surface area contributed by atoms with Crippen molar-refractivity contribution in [3.05, 3.63) is 30.1 Å². The molecule has 1 aliphatic rings. The summed E-state index contributed by atoms with van der Waals surface area (Å²) >= 11 is 0. The van der Waals surface area contributed by atoms with Crippen LogP contribution in [0.15, 0.2) is 24.5 Å². The SMILES string of the molecule is CC(NN1CCOCC1)c1cccnc1. The summed E-state index contributed by atoms with van der Waals surface area (Å²) < 4.78 is 5.29. The van der Waals surface area contributed by atoms with E-state index in [0.29, 0.717) is 6.04 Å². The Bertz CT molecular complexity index is 285. The third-order valence-electron chi connectivity index (χ3n) is 2.57. The molecule has 2 heterocycles. The Balaban J connectivity index is 1.88. The lowest BCUT2D eigenvalue weighted by Crippen LogP contribution is -2.46. The molecule has 0 saturated carbocycles. The van der Waals surface area contributed by atoms with Crippen LogP contribution in [0.1, 0.15) is 18.5 Å². The highest BCUT2D eigenvalue weighted by Crippen LogP contribution is 2.10. The van der Waals surface area contributed by atoms with Gasteiger partial charge in [0.1, 0.15) is 0 Å². The van der Waals surface area contributed by atoms with Gasteiger partial charge in [-0.3, -0.25) is 4.98 Å². The summed E-state index contributed by atoms with van der Waals surface area (Å²) in [5.41, 5.74) is 4.66. The maximum atomic E-state index is 5.29. The number of hydrogen-bond acceptors (Lipinski definition) is 4. The Morgan fingerprint density at radius 3 is 2.93 bits per heavy atom. The maximum absolute atomic E-state index is 5.29. The summed E-state index contributed by atoms with van der Waals surface area (Å²) in [5, 5.41) is 2.21. The summed E-state index contributed by atoms with van der Waals surface area (Å²) in [6.45, 7) is 5.67. The normalized spacial score (nSPS) is 20.1. The van der Waals surface area contributed by atoms with Crippen molar-refractivity contribution in [1.29, 1.82) is 0 Å². The molecule has 0 radical (unpaired) electrons. The van der Waals surface area contributed by atoms with E-state index in [-0.39, 0.29) is 0 Å². The highest BCUT2D eigenvalue weighted by molar-refractivity contribution is 5.12. The number of ether oxygens (including phenoxy) is 1. The average molecular weight is 207 g/mol. The highest BCUT2D eigenvalue weighted by Gasteiger charge is 2.13. The van der Waals surface area contributed by atoms with E-state index in [1.807, 2.05) is 12.3 Å². The molecule has 1 saturated heterocycles. The minimum Gasteiger partial charge on any atom is -0.379 e. The molecule has 1 N–H and O–H groups in total. The largest absolute Gasteiger partial charge is 0.379 e. The maximum Gasteiger partial charge on any atom is 0.0608 e. The standard InChI is InChI=1S/C11H17N3O/c1-10(11-3-2-4-12-9-11)13-14-5-7-15-8-6-14/h2-4,9-10,13H,5-8H2,1H3. The Kier molecular flexibility index (Phi) is 3.66. The van der Waals surface area contributed by atoms with E-state index in [2.05, 4.69) is 28.4 Å².